The fraction of sp³-hybridized carbons (Fsp3) is 0.250. The minimum absolute atomic E-state index is 0.0852. The van der Waals surface area contributed by atoms with Gasteiger partial charge in [0.1, 0.15) is 16.6 Å². The SMILES string of the molecule is C[C@H]1CCc2c(sc3nc(/C(C#N)=C\c4cc(Br)c(O)c(Br)c4)[nH]c(=O)c23)C1. The number of hydrogen-bond donors (Lipinski definition) is 2. The fourth-order valence-corrected chi connectivity index (χ4v) is 6.07. The van der Waals surface area contributed by atoms with E-state index >= 15 is 0 Å². The molecule has 2 aromatic heterocycles. The van der Waals surface area contributed by atoms with Crippen molar-refractivity contribution in [2.45, 2.75) is 26.2 Å². The number of nitrogens with one attached hydrogen (secondary N) is 1. The number of nitriles is 1. The van der Waals surface area contributed by atoms with Crippen LogP contribution in [0.4, 0.5) is 0 Å². The van der Waals surface area contributed by atoms with E-state index in [1.165, 1.54) is 4.88 Å². The van der Waals surface area contributed by atoms with E-state index in [1.807, 2.05) is 0 Å². The molecule has 28 heavy (non-hydrogen) atoms. The minimum atomic E-state index is -0.193. The summed E-state index contributed by atoms with van der Waals surface area (Å²) in [7, 11) is 0. The second-order valence-electron chi connectivity index (χ2n) is 6.95. The Kier molecular flexibility index (Phi) is 5.17. The minimum Gasteiger partial charge on any atom is -0.506 e. The van der Waals surface area contributed by atoms with Crippen LogP contribution in [0.3, 0.4) is 0 Å². The molecule has 1 aliphatic rings. The van der Waals surface area contributed by atoms with Gasteiger partial charge in [0.05, 0.1) is 19.9 Å². The zero-order valence-electron chi connectivity index (χ0n) is 14.8. The van der Waals surface area contributed by atoms with Crippen LogP contribution in [-0.4, -0.2) is 15.1 Å². The van der Waals surface area contributed by atoms with Crippen LogP contribution in [-0.2, 0) is 12.8 Å². The van der Waals surface area contributed by atoms with E-state index in [9.17, 15) is 15.2 Å². The van der Waals surface area contributed by atoms with E-state index in [4.69, 9.17) is 0 Å². The number of aromatic hydroxyl groups is 1. The van der Waals surface area contributed by atoms with E-state index in [0.29, 0.717) is 30.6 Å². The van der Waals surface area contributed by atoms with Gasteiger partial charge in [-0.25, -0.2) is 4.98 Å². The van der Waals surface area contributed by atoms with Crippen molar-refractivity contribution in [2.24, 2.45) is 5.92 Å². The Morgan fingerprint density at radius 3 is 2.82 bits per heavy atom. The zero-order valence-corrected chi connectivity index (χ0v) is 18.8. The van der Waals surface area contributed by atoms with Gasteiger partial charge in [-0.3, -0.25) is 4.79 Å². The lowest BCUT2D eigenvalue weighted by Gasteiger charge is -2.17. The fourth-order valence-electron chi connectivity index (χ4n) is 3.47. The number of aryl methyl sites for hydroxylation is 1. The molecule has 142 valence electrons. The summed E-state index contributed by atoms with van der Waals surface area (Å²) >= 11 is 8.12. The van der Waals surface area contributed by atoms with E-state index in [-0.39, 0.29) is 22.7 Å². The molecule has 0 saturated carbocycles. The number of rotatable bonds is 2. The Labute approximate surface area is 182 Å². The summed E-state index contributed by atoms with van der Waals surface area (Å²) in [4.78, 5) is 22.1. The van der Waals surface area contributed by atoms with Gasteiger partial charge in [-0.2, -0.15) is 5.26 Å². The van der Waals surface area contributed by atoms with Crippen LogP contribution in [0.25, 0.3) is 21.9 Å². The first-order valence-electron chi connectivity index (χ1n) is 8.72. The number of fused-ring (bicyclic) bond motifs is 3. The molecule has 2 heterocycles. The van der Waals surface area contributed by atoms with E-state index in [2.05, 4.69) is 54.8 Å². The Hall–Kier alpha value is -1.95. The number of halogens is 2. The van der Waals surface area contributed by atoms with Crippen LogP contribution >= 0.6 is 43.2 Å². The van der Waals surface area contributed by atoms with Crippen molar-refractivity contribution in [1.82, 2.24) is 9.97 Å². The molecule has 0 unspecified atom stereocenters. The maximum Gasteiger partial charge on any atom is 0.260 e. The van der Waals surface area contributed by atoms with Gasteiger partial charge in [0.2, 0.25) is 0 Å². The van der Waals surface area contributed by atoms with Crippen LogP contribution in [0.5, 0.6) is 5.75 Å². The molecule has 0 aliphatic heterocycles. The topological polar surface area (TPSA) is 89.8 Å². The van der Waals surface area contributed by atoms with Crippen molar-refractivity contribution in [3.63, 3.8) is 0 Å². The van der Waals surface area contributed by atoms with Crippen LogP contribution in [0.15, 0.2) is 25.9 Å². The standard InChI is InChI=1S/C20H15Br2N3O2S/c1-9-2-3-12-15(4-9)28-20-16(12)19(27)24-18(25-20)11(8-23)5-10-6-13(21)17(26)14(22)7-10/h5-7,9,26H,2-4H2,1H3,(H,24,25,27)/b11-5-/t9-/m0/s1. The number of phenolic OH excluding ortho intramolecular Hbond substituents is 1. The van der Waals surface area contributed by atoms with Crippen LogP contribution in [0, 0.1) is 17.2 Å². The summed E-state index contributed by atoms with van der Waals surface area (Å²) in [5.74, 6) is 0.953. The molecule has 2 N–H and O–H groups in total. The molecule has 5 nitrogen and oxygen atoms in total. The van der Waals surface area contributed by atoms with E-state index in [1.54, 1.807) is 29.5 Å². The second-order valence-corrected chi connectivity index (χ2v) is 9.74. The van der Waals surface area contributed by atoms with Gasteiger partial charge in [0, 0.05) is 4.88 Å². The highest BCUT2D eigenvalue weighted by Gasteiger charge is 2.23. The van der Waals surface area contributed by atoms with Crippen LogP contribution in [0.2, 0.25) is 0 Å². The van der Waals surface area contributed by atoms with Crippen LogP contribution < -0.4 is 5.56 Å². The van der Waals surface area contributed by atoms with E-state index in [0.717, 1.165) is 24.8 Å². The average Bonchev–Trinajstić information content (AvgIpc) is 3.01. The van der Waals surface area contributed by atoms with Crippen molar-refractivity contribution in [3.8, 4) is 11.8 Å². The lowest BCUT2D eigenvalue weighted by molar-refractivity contribution is 0.468. The first-order valence-corrected chi connectivity index (χ1v) is 11.1. The summed E-state index contributed by atoms with van der Waals surface area (Å²) in [6.45, 7) is 2.22. The monoisotopic (exact) mass is 519 g/mol. The van der Waals surface area contributed by atoms with Crippen molar-refractivity contribution in [1.29, 1.82) is 5.26 Å². The quantitative estimate of drug-likeness (QED) is 0.442. The molecule has 1 aromatic carbocycles. The van der Waals surface area contributed by atoms with Gasteiger partial charge < -0.3 is 10.1 Å². The molecule has 0 fully saturated rings. The summed E-state index contributed by atoms with van der Waals surface area (Å²) in [5, 5.41) is 20.2. The molecule has 0 saturated heterocycles. The number of H-pyrrole nitrogens is 1. The smallest absolute Gasteiger partial charge is 0.260 e. The Balaban J connectivity index is 1.84. The molecule has 1 atom stereocenters. The molecule has 0 bridgehead atoms. The van der Waals surface area contributed by atoms with E-state index < -0.39 is 0 Å². The predicted molar refractivity (Wildman–Crippen MR) is 118 cm³/mol. The normalized spacial score (nSPS) is 16.8. The van der Waals surface area contributed by atoms with Crippen molar-refractivity contribution in [3.05, 3.63) is 53.3 Å². The van der Waals surface area contributed by atoms with Gasteiger partial charge in [0.15, 0.2) is 5.82 Å². The number of thiophene rings is 1. The first-order chi connectivity index (χ1) is 13.4. The summed E-state index contributed by atoms with van der Waals surface area (Å²) in [5.41, 5.74) is 1.87. The average molecular weight is 521 g/mol. The Morgan fingerprint density at radius 2 is 2.14 bits per heavy atom. The number of phenols is 1. The van der Waals surface area contributed by atoms with Crippen molar-refractivity contribution in [2.75, 3.05) is 0 Å². The van der Waals surface area contributed by atoms with Crippen molar-refractivity contribution < 1.29 is 5.11 Å². The molecular weight excluding hydrogens is 506 g/mol. The molecule has 4 rings (SSSR count). The summed E-state index contributed by atoms with van der Waals surface area (Å²) < 4.78 is 1.00. The number of benzene rings is 1. The third kappa shape index (κ3) is 3.43. The van der Waals surface area contributed by atoms with Gasteiger partial charge in [-0.15, -0.1) is 11.3 Å². The predicted octanol–water partition coefficient (Wildman–Crippen LogP) is 5.40. The summed E-state index contributed by atoms with van der Waals surface area (Å²) in [6.07, 6.45) is 4.58. The molecule has 0 amide bonds. The van der Waals surface area contributed by atoms with Crippen LogP contribution in [0.1, 0.15) is 35.2 Å². The lowest BCUT2D eigenvalue weighted by atomic mass is 9.89. The van der Waals surface area contributed by atoms with Gasteiger partial charge in [-0.1, -0.05) is 6.92 Å². The first kappa shape index (κ1) is 19.4. The number of nitrogens with zero attached hydrogens (tertiary/aromatic N) is 2. The van der Waals surface area contributed by atoms with Crippen molar-refractivity contribution >= 4 is 65.1 Å². The Morgan fingerprint density at radius 1 is 1.43 bits per heavy atom. The van der Waals surface area contributed by atoms with Gasteiger partial charge in [-0.05, 0) is 86.4 Å². The third-order valence-electron chi connectivity index (χ3n) is 4.89. The maximum absolute atomic E-state index is 12.8. The third-order valence-corrected chi connectivity index (χ3v) is 7.25. The molecule has 0 radical (unpaired) electrons. The molecule has 1 aliphatic carbocycles. The second kappa shape index (κ2) is 7.47. The number of aromatic amines is 1. The highest BCUT2D eigenvalue weighted by Crippen LogP contribution is 2.36. The lowest BCUT2D eigenvalue weighted by Crippen LogP contribution is -2.14. The number of allylic oxidation sites excluding steroid dienone is 1. The number of hydrogen-bond acceptors (Lipinski definition) is 5. The van der Waals surface area contributed by atoms with Gasteiger partial charge in [0.25, 0.3) is 5.56 Å². The summed E-state index contributed by atoms with van der Waals surface area (Å²) in [6, 6.07) is 5.51. The molecule has 8 heteroatoms. The molecule has 0 spiro atoms. The van der Waals surface area contributed by atoms with Gasteiger partial charge >= 0.3 is 0 Å². The molecule has 3 aromatic rings. The Bertz CT molecular complexity index is 1210. The highest BCUT2D eigenvalue weighted by molar-refractivity contribution is 9.11. The largest absolute Gasteiger partial charge is 0.506 e. The highest BCUT2D eigenvalue weighted by atomic mass is 79.9. The maximum atomic E-state index is 12.8. The molecular formula is C20H15Br2N3O2S. The number of aromatic nitrogens is 2. The zero-order chi connectivity index (χ0) is 20.0.